The zero-order chi connectivity index (χ0) is 19.9. The molecule has 0 radical (unpaired) electrons. The second kappa shape index (κ2) is 9.32. The normalized spacial score (nSPS) is 10.6. The van der Waals surface area contributed by atoms with Gasteiger partial charge in [-0.3, -0.25) is 9.59 Å². The quantitative estimate of drug-likeness (QED) is 0.489. The number of rotatable bonds is 7. The number of amides is 1. The number of benzene rings is 2. The molecule has 0 saturated heterocycles. The highest BCUT2D eigenvalue weighted by atomic mass is 32.2. The Bertz CT molecular complexity index is 1000. The first-order chi connectivity index (χ1) is 13.5. The zero-order valence-electron chi connectivity index (χ0n) is 15.4. The van der Waals surface area contributed by atoms with Crippen LogP contribution < -0.4 is 10.7 Å². The monoisotopic (exact) mass is 397 g/mol. The number of hydrogen-bond acceptors (Lipinski definition) is 4. The van der Waals surface area contributed by atoms with Crippen LogP contribution in [0, 0.1) is 12.7 Å². The fourth-order valence-corrected chi connectivity index (χ4v) is 3.47. The number of thioether (sulfide) groups is 1. The SMILES string of the molecule is Cc1cc(=O)c(C(=O)NCCCSc2ccc(F)cc2)nn1-c1ccccc1. The van der Waals surface area contributed by atoms with E-state index < -0.39 is 11.3 Å². The number of hydrogen-bond donors (Lipinski definition) is 1. The van der Waals surface area contributed by atoms with E-state index in [1.807, 2.05) is 30.3 Å². The van der Waals surface area contributed by atoms with Crippen LogP contribution in [0.5, 0.6) is 0 Å². The minimum absolute atomic E-state index is 0.124. The second-order valence-electron chi connectivity index (χ2n) is 6.16. The van der Waals surface area contributed by atoms with E-state index in [2.05, 4.69) is 10.4 Å². The van der Waals surface area contributed by atoms with Gasteiger partial charge in [0.2, 0.25) is 5.43 Å². The number of nitrogens with zero attached hydrogens (tertiary/aromatic N) is 2. The molecule has 7 heteroatoms. The summed E-state index contributed by atoms with van der Waals surface area (Å²) < 4.78 is 14.5. The molecule has 0 aliphatic carbocycles. The van der Waals surface area contributed by atoms with E-state index in [1.165, 1.54) is 18.2 Å². The summed E-state index contributed by atoms with van der Waals surface area (Å²) in [5.41, 5.74) is 0.914. The Labute approximate surface area is 166 Å². The Morgan fingerprint density at radius 3 is 2.57 bits per heavy atom. The molecule has 1 N–H and O–H groups in total. The van der Waals surface area contributed by atoms with Gasteiger partial charge in [0.05, 0.1) is 5.69 Å². The summed E-state index contributed by atoms with van der Waals surface area (Å²) in [5, 5.41) is 6.99. The second-order valence-corrected chi connectivity index (χ2v) is 7.33. The van der Waals surface area contributed by atoms with Crippen molar-refractivity contribution >= 4 is 17.7 Å². The van der Waals surface area contributed by atoms with Gasteiger partial charge < -0.3 is 5.32 Å². The number of para-hydroxylation sites is 1. The lowest BCUT2D eigenvalue weighted by Crippen LogP contribution is -2.32. The molecular formula is C21H20FN3O2S. The molecule has 0 aliphatic rings. The molecule has 0 atom stereocenters. The van der Waals surface area contributed by atoms with Gasteiger partial charge in [-0.1, -0.05) is 18.2 Å². The third-order valence-corrected chi connectivity index (χ3v) is 5.11. The highest BCUT2D eigenvalue weighted by molar-refractivity contribution is 7.99. The molecule has 1 heterocycles. The van der Waals surface area contributed by atoms with Crippen molar-refractivity contribution in [1.82, 2.24) is 15.1 Å². The number of aryl methyl sites for hydroxylation is 1. The summed E-state index contributed by atoms with van der Waals surface area (Å²) >= 11 is 1.58. The van der Waals surface area contributed by atoms with Crippen LogP contribution in [0.2, 0.25) is 0 Å². The standard InChI is InChI=1S/C21H20FN3O2S/c1-15-14-19(26)20(24-25(15)17-6-3-2-4-7-17)21(27)23-12-5-13-28-18-10-8-16(22)9-11-18/h2-4,6-11,14H,5,12-13H2,1H3,(H,23,27). The van der Waals surface area contributed by atoms with Crippen molar-refractivity contribution < 1.29 is 9.18 Å². The molecule has 0 aliphatic heterocycles. The molecule has 144 valence electrons. The third kappa shape index (κ3) is 5.07. The highest BCUT2D eigenvalue weighted by Crippen LogP contribution is 2.18. The smallest absolute Gasteiger partial charge is 0.275 e. The largest absolute Gasteiger partial charge is 0.350 e. The Morgan fingerprint density at radius 1 is 1.14 bits per heavy atom. The molecule has 28 heavy (non-hydrogen) atoms. The Hall–Kier alpha value is -2.93. The van der Waals surface area contributed by atoms with Gasteiger partial charge in [-0.25, -0.2) is 9.07 Å². The van der Waals surface area contributed by atoms with Crippen LogP contribution >= 0.6 is 11.8 Å². The van der Waals surface area contributed by atoms with E-state index in [0.717, 1.165) is 16.3 Å². The van der Waals surface area contributed by atoms with Gasteiger partial charge in [0.1, 0.15) is 5.82 Å². The van der Waals surface area contributed by atoms with E-state index >= 15 is 0 Å². The van der Waals surface area contributed by atoms with Crippen molar-refractivity contribution in [2.75, 3.05) is 12.3 Å². The molecule has 0 saturated carbocycles. The lowest BCUT2D eigenvalue weighted by Gasteiger charge is -2.11. The first kappa shape index (κ1) is 19.8. The average molecular weight is 397 g/mol. The van der Waals surface area contributed by atoms with Crippen LogP contribution in [-0.4, -0.2) is 28.0 Å². The van der Waals surface area contributed by atoms with E-state index in [1.54, 1.807) is 35.5 Å². The van der Waals surface area contributed by atoms with Gasteiger partial charge in [-0.15, -0.1) is 11.8 Å². The highest BCUT2D eigenvalue weighted by Gasteiger charge is 2.14. The van der Waals surface area contributed by atoms with Gasteiger partial charge >= 0.3 is 0 Å². The van der Waals surface area contributed by atoms with Crippen molar-refractivity contribution in [3.8, 4) is 5.69 Å². The van der Waals surface area contributed by atoms with Crippen LogP contribution in [0.15, 0.2) is 70.4 Å². The van der Waals surface area contributed by atoms with Gasteiger partial charge in [-0.2, -0.15) is 5.10 Å². The summed E-state index contributed by atoms with van der Waals surface area (Å²) in [6.45, 7) is 2.20. The fourth-order valence-electron chi connectivity index (χ4n) is 2.61. The van der Waals surface area contributed by atoms with Gasteiger partial charge in [0.25, 0.3) is 5.91 Å². The Morgan fingerprint density at radius 2 is 1.86 bits per heavy atom. The third-order valence-electron chi connectivity index (χ3n) is 4.01. The lowest BCUT2D eigenvalue weighted by atomic mass is 10.2. The number of carbonyl (C=O) groups is 1. The number of carbonyl (C=O) groups excluding carboxylic acids is 1. The molecule has 5 nitrogen and oxygen atoms in total. The molecule has 1 aromatic heterocycles. The minimum Gasteiger partial charge on any atom is -0.350 e. The average Bonchev–Trinajstić information content (AvgIpc) is 2.70. The molecule has 0 unspecified atom stereocenters. The van der Waals surface area contributed by atoms with Gasteiger partial charge in [0, 0.05) is 23.2 Å². The predicted octanol–water partition coefficient (Wildman–Crippen LogP) is 3.59. The van der Waals surface area contributed by atoms with Gasteiger partial charge in [-0.05, 0) is 55.5 Å². The minimum atomic E-state index is -0.485. The van der Waals surface area contributed by atoms with Crippen LogP contribution in [0.1, 0.15) is 22.6 Å². The number of halogens is 1. The molecular weight excluding hydrogens is 377 g/mol. The summed E-state index contributed by atoms with van der Waals surface area (Å²) in [6.07, 6.45) is 0.715. The first-order valence-electron chi connectivity index (χ1n) is 8.87. The van der Waals surface area contributed by atoms with Crippen molar-refractivity contribution in [1.29, 1.82) is 0 Å². The summed E-state index contributed by atoms with van der Waals surface area (Å²) in [5.74, 6) is 0.0198. The maximum Gasteiger partial charge on any atom is 0.275 e. The van der Waals surface area contributed by atoms with Crippen LogP contribution in [0.4, 0.5) is 4.39 Å². The topological polar surface area (TPSA) is 64.0 Å². The predicted molar refractivity (Wildman–Crippen MR) is 109 cm³/mol. The zero-order valence-corrected chi connectivity index (χ0v) is 16.2. The molecule has 1 amide bonds. The summed E-state index contributed by atoms with van der Waals surface area (Å²) in [6, 6.07) is 17.0. The van der Waals surface area contributed by atoms with Crippen LogP contribution in [0.3, 0.4) is 0 Å². The van der Waals surface area contributed by atoms with E-state index in [9.17, 15) is 14.0 Å². The molecule has 2 aromatic carbocycles. The maximum atomic E-state index is 12.9. The Balaban J connectivity index is 1.58. The van der Waals surface area contributed by atoms with Crippen molar-refractivity contribution in [2.45, 2.75) is 18.2 Å². The van der Waals surface area contributed by atoms with Crippen LogP contribution in [0.25, 0.3) is 5.69 Å². The van der Waals surface area contributed by atoms with Crippen molar-refractivity contribution in [2.24, 2.45) is 0 Å². The van der Waals surface area contributed by atoms with Crippen LogP contribution in [-0.2, 0) is 0 Å². The van der Waals surface area contributed by atoms with E-state index in [4.69, 9.17) is 0 Å². The van der Waals surface area contributed by atoms with Gasteiger partial charge in [0.15, 0.2) is 5.69 Å². The number of aromatic nitrogens is 2. The summed E-state index contributed by atoms with van der Waals surface area (Å²) in [4.78, 5) is 25.6. The van der Waals surface area contributed by atoms with E-state index in [0.29, 0.717) is 18.7 Å². The molecule has 0 spiro atoms. The fraction of sp³-hybridized carbons (Fsp3) is 0.190. The van der Waals surface area contributed by atoms with Crippen molar-refractivity contribution in [3.05, 3.63) is 88.1 Å². The molecule has 0 fully saturated rings. The molecule has 0 bridgehead atoms. The first-order valence-corrected chi connectivity index (χ1v) is 9.86. The maximum absolute atomic E-state index is 12.9. The lowest BCUT2D eigenvalue weighted by molar-refractivity contribution is 0.0946. The van der Waals surface area contributed by atoms with E-state index in [-0.39, 0.29) is 11.5 Å². The molecule has 3 rings (SSSR count). The summed E-state index contributed by atoms with van der Waals surface area (Å²) in [7, 11) is 0. The Kier molecular flexibility index (Phi) is 6.60. The number of nitrogens with one attached hydrogen (secondary N) is 1. The van der Waals surface area contributed by atoms with Crippen molar-refractivity contribution in [3.63, 3.8) is 0 Å². The molecule has 3 aromatic rings.